The summed E-state index contributed by atoms with van der Waals surface area (Å²) in [6.07, 6.45) is 2.33. The van der Waals surface area contributed by atoms with Gasteiger partial charge in [-0.2, -0.15) is 4.31 Å². The Hall–Kier alpha value is -1.52. The van der Waals surface area contributed by atoms with Crippen LogP contribution in [0.1, 0.15) is 5.69 Å². The van der Waals surface area contributed by atoms with E-state index in [0.717, 1.165) is 5.69 Å². The summed E-state index contributed by atoms with van der Waals surface area (Å²) >= 11 is 11.4. The van der Waals surface area contributed by atoms with Crippen molar-refractivity contribution < 1.29 is 8.42 Å². The lowest BCUT2D eigenvalue weighted by Crippen LogP contribution is -2.34. The van der Waals surface area contributed by atoms with Crippen LogP contribution >= 0.6 is 23.2 Å². The molecule has 0 aliphatic heterocycles. The summed E-state index contributed by atoms with van der Waals surface area (Å²) < 4.78 is 26.4. The summed E-state index contributed by atoms with van der Waals surface area (Å²) in [5.41, 5.74) is 6.85. The Kier molecular flexibility index (Phi) is 7.98. The monoisotopic (exact) mass is 418 g/mol. The van der Waals surface area contributed by atoms with Gasteiger partial charge in [0.2, 0.25) is 16.0 Å². The largest absolute Gasteiger partial charge is 0.330 e. The Balaban J connectivity index is 2.12. The average Bonchev–Trinajstić information content (AvgIpc) is 3.08. The van der Waals surface area contributed by atoms with Crippen LogP contribution in [0.15, 0.2) is 45.6 Å². The molecule has 2 aromatic rings. The van der Waals surface area contributed by atoms with E-state index in [0.29, 0.717) is 24.6 Å². The van der Waals surface area contributed by atoms with Gasteiger partial charge in [-0.1, -0.05) is 0 Å². The number of hydrogen-bond acceptors (Lipinski definition) is 6. The maximum Gasteiger partial charge on any atom is 0.246 e. The third-order valence-electron chi connectivity index (χ3n) is 3.43. The predicted molar refractivity (Wildman–Crippen MR) is 102 cm³/mol. The molecule has 3 N–H and O–H groups in total. The molecular weight excluding hydrogens is 399 g/mol. The number of azo groups is 1. The number of nitrogens with one attached hydrogen (secondary N) is 1. The van der Waals surface area contributed by atoms with Gasteiger partial charge in [-0.3, -0.25) is 0 Å². The molecule has 26 heavy (non-hydrogen) atoms. The van der Waals surface area contributed by atoms with Crippen molar-refractivity contribution in [1.82, 2.24) is 14.3 Å². The molecule has 0 aliphatic rings. The Morgan fingerprint density at radius 2 is 1.77 bits per heavy atom. The minimum absolute atomic E-state index is 0.148. The topological polar surface area (TPSA) is 117 Å². The molecular formula is C15H20Cl2N6O2S. The van der Waals surface area contributed by atoms with Crippen LogP contribution in [0, 0.1) is 0 Å². The van der Waals surface area contributed by atoms with Gasteiger partial charge < -0.3 is 10.7 Å². The summed E-state index contributed by atoms with van der Waals surface area (Å²) in [6, 6.07) is 6.08. The number of aromatic nitrogens is 2. The van der Waals surface area contributed by atoms with E-state index < -0.39 is 10.0 Å². The van der Waals surface area contributed by atoms with Crippen molar-refractivity contribution in [3.05, 3.63) is 36.2 Å². The normalized spacial score (nSPS) is 12.3. The van der Waals surface area contributed by atoms with Gasteiger partial charge in [0.1, 0.15) is 0 Å². The highest BCUT2D eigenvalue weighted by atomic mass is 35.5. The van der Waals surface area contributed by atoms with Crippen molar-refractivity contribution in [2.24, 2.45) is 16.0 Å². The summed E-state index contributed by atoms with van der Waals surface area (Å²) in [7, 11) is -3.65. The standard InChI is InChI=1S/C15H20Cl2N6O2S/c16-6-9-23(10-7-17)26(24,25)14-3-1-12(2-4-14)21-22-15-19-11-13(20-15)5-8-18/h1-4,11H,5-10,18H2,(H,19,20). The van der Waals surface area contributed by atoms with E-state index in [2.05, 4.69) is 20.2 Å². The van der Waals surface area contributed by atoms with Gasteiger partial charge >= 0.3 is 0 Å². The molecule has 0 radical (unpaired) electrons. The van der Waals surface area contributed by atoms with Gasteiger partial charge in [-0.05, 0) is 30.8 Å². The lowest BCUT2D eigenvalue weighted by molar-refractivity contribution is 0.448. The van der Waals surface area contributed by atoms with Crippen LogP contribution in [0.25, 0.3) is 0 Å². The smallest absolute Gasteiger partial charge is 0.246 e. The van der Waals surface area contributed by atoms with E-state index in [-0.39, 0.29) is 29.7 Å². The third kappa shape index (κ3) is 5.49. The molecule has 1 aromatic carbocycles. The van der Waals surface area contributed by atoms with Crippen LogP contribution < -0.4 is 5.73 Å². The molecule has 0 unspecified atom stereocenters. The molecule has 0 fully saturated rings. The number of halogens is 2. The summed E-state index contributed by atoms with van der Waals surface area (Å²) in [4.78, 5) is 7.20. The molecule has 0 saturated heterocycles. The molecule has 1 aromatic heterocycles. The molecule has 0 amide bonds. The first kappa shape index (κ1) is 20.8. The van der Waals surface area contributed by atoms with Crippen molar-refractivity contribution in [3.63, 3.8) is 0 Å². The van der Waals surface area contributed by atoms with Gasteiger partial charge in [0, 0.05) is 37.0 Å². The number of hydrogen-bond donors (Lipinski definition) is 2. The fraction of sp³-hybridized carbons (Fsp3) is 0.400. The number of alkyl halides is 2. The second-order valence-electron chi connectivity index (χ2n) is 5.25. The summed E-state index contributed by atoms with van der Waals surface area (Å²) in [6.45, 7) is 0.905. The molecule has 11 heteroatoms. The van der Waals surface area contributed by atoms with Gasteiger partial charge in [0.05, 0.1) is 16.8 Å². The number of nitrogens with zero attached hydrogens (tertiary/aromatic N) is 4. The van der Waals surface area contributed by atoms with Crippen molar-refractivity contribution in [2.45, 2.75) is 11.3 Å². The van der Waals surface area contributed by atoms with Crippen LogP contribution in [0.3, 0.4) is 0 Å². The van der Waals surface area contributed by atoms with E-state index in [1.807, 2.05) is 0 Å². The van der Waals surface area contributed by atoms with Crippen molar-refractivity contribution in [3.8, 4) is 0 Å². The van der Waals surface area contributed by atoms with Crippen LogP contribution in [-0.2, 0) is 16.4 Å². The highest BCUT2D eigenvalue weighted by Gasteiger charge is 2.23. The minimum Gasteiger partial charge on any atom is -0.330 e. The molecule has 0 bridgehead atoms. The maximum atomic E-state index is 12.6. The first-order chi connectivity index (χ1) is 12.5. The van der Waals surface area contributed by atoms with Gasteiger partial charge in [-0.15, -0.1) is 33.4 Å². The Morgan fingerprint density at radius 3 is 2.35 bits per heavy atom. The molecule has 0 atom stereocenters. The van der Waals surface area contributed by atoms with Gasteiger partial charge in [-0.25, -0.2) is 13.4 Å². The number of H-pyrrole nitrogens is 1. The van der Waals surface area contributed by atoms with Crippen molar-refractivity contribution in [1.29, 1.82) is 0 Å². The first-order valence-electron chi connectivity index (χ1n) is 7.89. The lowest BCUT2D eigenvalue weighted by Gasteiger charge is -2.20. The van der Waals surface area contributed by atoms with E-state index in [1.54, 1.807) is 18.3 Å². The Labute approximate surface area is 162 Å². The minimum atomic E-state index is -3.65. The SMILES string of the molecule is NCCc1cnc(N=Nc2ccc(S(=O)(=O)N(CCCl)CCCl)cc2)[nH]1. The van der Waals surface area contributed by atoms with Crippen LogP contribution in [0.4, 0.5) is 11.6 Å². The lowest BCUT2D eigenvalue weighted by atomic mass is 10.3. The Morgan fingerprint density at radius 1 is 1.12 bits per heavy atom. The molecule has 0 spiro atoms. The molecule has 0 saturated carbocycles. The number of sulfonamides is 1. The van der Waals surface area contributed by atoms with Crippen molar-refractivity contribution >= 4 is 44.9 Å². The zero-order chi connectivity index (χ0) is 19.0. The summed E-state index contributed by atoms with van der Waals surface area (Å²) in [5.74, 6) is 0.746. The molecule has 8 nitrogen and oxygen atoms in total. The summed E-state index contributed by atoms with van der Waals surface area (Å²) in [5, 5.41) is 8.03. The maximum absolute atomic E-state index is 12.6. The number of rotatable bonds is 10. The number of imidazole rings is 1. The number of nitrogens with two attached hydrogens (primary N) is 1. The fourth-order valence-corrected chi connectivity index (χ4v) is 4.21. The molecule has 142 valence electrons. The van der Waals surface area contributed by atoms with Gasteiger partial charge in [0.25, 0.3) is 0 Å². The van der Waals surface area contributed by atoms with Crippen LogP contribution in [-0.4, -0.2) is 54.1 Å². The third-order valence-corrected chi connectivity index (χ3v) is 5.68. The second-order valence-corrected chi connectivity index (χ2v) is 7.94. The fourth-order valence-electron chi connectivity index (χ4n) is 2.16. The zero-order valence-corrected chi connectivity index (χ0v) is 16.3. The van der Waals surface area contributed by atoms with Crippen LogP contribution in [0.2, 0.25) is 0 Å². The number of aromatic amines is 1. The van der Waals surface area contributed by atoms with Crippen LogP contribution in [0.5, 0.6) is 0 Å². The van der Waals surface area contributed by atoms with Crippen molar-refractivity contribution in [2.75, 3.05) is 31.4 Å². The Bertz CT molecular complexity index is 817. The molecule has 2 rings (SSSR count). The van der Waals surface area contributed by atoms with E-state index in [1.165, 1.54) is 16.4 Å². The quantitative estimate of drug-likeness (QED) is 0.455. The first-order valence-corrected chi connectivity index (χ1v) is 10.4. The molecule has 0 aliphatic carbocycles. The van der Waals surface area contributed by atoms with E-state index in [9.17, 15) is 8.42 Å². The van der Waals surface area contributed by atoms with Gasteiger partial charge in [0.15, 0.2) is 0 Å². The molecule has 1 heterocycles. The predicted octanol–water partition coefficient (Wildman–Crippen LogP) is 2.79. The number of benzene rings is 1. The van der Waals surface area contributed by atoms with E-state index >= 15 is 0 Å². The van der Waals surface area contributed by atoms with E-state index in [4.69, 9.17) is 28.9 Å². The average molecular weight is 419 g/mol. The zero-order valence-electron chi connectivity index (χ0n) is 14.0. The highest BCUT2D eigenvalue weighted by Crippen LogP contribution is 2.21. The highest BCUT2D eigenvalue weighted by molar-refractivity contribution is 7.89. The second kappa shape index (κ2) is 9.98.